The molecular formula is C18H24N2O2. The van der Waals surface area contributed by atoms with Crippen LogP contribution in [0.3, 0.4) is 0 Å². The predicted octanol–water partition coefficient (Wildman–Crippen LogP) is 3.23. The molecule has 0 spiro atoms. The van der Waals surface area contributed by atoms with Crippen molar-refractivity contribution < 1.29 is 9.59 Å². The molecule has 2 aliphatic rings. The molecule has 4 heteroatoms. The van der Waals surface area contributed by atoms with Gasteiger partial charge in [-0.2, -0.15) is 0 Å². The molecule has 2 aliphatic carbocycles. The van der Waals surface area contributed by atoms with E-state index in [0.29, 0.717) is 18.9 Å². The number of carbonyl (C=O) groups is 2. The molecule has 2 amide bonds. The van der Waals surface area contributed by atoms with E-state index in [-0.39, 0.29) is 17.7 Å². The Hall–Kier alpha value is -1.84. The lowest BCUT2D eigenvalue weighted by molar-refractivity contribution is -0.122. The van der Waals surface area contributed by atoms with E-state index in [2.05, 4.69) is 10.6 Å². The molecule has 0 bridgehead atoms. The van der Waals surface area contributed by atoms with Gasteiger partial charge in [-0.3, -0.25) is 9.59 Å². The molecule has 0 aliphatic heterocycles. The SMILES string of the molecule is O=C(CC1CCCC1)NCc1cccc(NC(=O)C2CC2)c1. The van der Waals surface area contributed by atoms with E-state index >= 15 is 0 Å². The Morgan fingerprint density at radius 3 is 2.59 bits per heavy atom. The van der Waals surface area contributed by atoms with E-state index in [1.165, 1.54) is 25.7 Å². The minimum absolute atomic E-state index is 0.113. The van der Waals surface area contributed by atoms with E-state index in [4.69, 9.17) is 0 Å². The molecule has 2 fully saturated rings. The van der Waals surface area contributed by atoms with Gasteiger partial charge in [-0.15, -0.1) is 0 Å². The maximum atomic E-state index is 12.0. The maximum Gasteiger partial charge on any atom is 0.227 e. The highest BCUT2D eigenvalue weighted by Crippen LogP contribution is 2.30. The van der Waals surface area contributed by atoms with Crippen LogP contribution in [-0.4, -0.2) is 11.8 Å². The largest absolute Gasteiger partial charge is 0.352 e. The minimum atomic E-state index is 0.113. The molecule has 22 heavy (non-hydrogen) atoms. The normalized spacial score (nSPS) is 18.2. The van der Waals surface area contributed by atoms with Crippen molar-refractivity contribution in [2.45, 2.75) is 51.5 Å². The third-order valence-electron chi connectivity index (χ3n) is 4.58. The fourth-order valence-electron chi connectivity index (χ4n) is 3.10. The molecule has 0 aromatic heterocycles. The van der Waals surface area contributed by atoms with Crippen LogP contribution < -0.4 is 10.6 Å². The fourth-order valence-corrected chi connectivity index (χ4v) is 3.10. The van der Waals surface area contributed by atoms with Crippen molar-refractivity contribution >= 4 is 17.5 Å². The molecule has 4 nitrogen and oxygen atoms in total. The van der Waals surface area contributed by atoms with Crippen LogP contribution in [-0.2, 0) is 16.1 Å². The zero-order valence-corrected chi connectivity index (χ0v) is 12.9. The van der Waals surface area contributed by atoms with Gasteiger partial charge in [0.2, 0.25) is 11.8 Å². The predicted molar refractivity (Wildman–Crippen MR) is 86.2 cm³/mol. The van der Waals surface area contributed by atoms with Crippen LogP contribution in [0.1, 0.15) is 50.5 Å². The molecule has 118 valence electrons. The van der Waals surface area contributed by atoms with Crippen LogP contribution in [0.5, 0.6) is 0 Å². The second-order valence-corrected chi connectivity index (χ2v) is 6.60. The van der Waals surface area contributed by atoms with Crippen LogP contribution in [0.25, 0.3) is 0 Å². The van der Waals surface area contributed by atoms with Gasteiger partial charge in [-0.05, 0) is 49.3 Å². The van der Waals surface area contributed by atoms with Gasteiger partial charge in [0.1, 0.15) is 0 Å². The Balaban J connectivity index is 1.47. The monoisotopic (exact) mass is 300 g/mol. The van der Waals surface area contributed by atoms with Gasteiger partial charge in [0.05, 0.1) is 0 Å². The molecule has 2 saturated carbocycles. The van der Waals surface area contributed by atoms with E-state index in [1.807, 2.05) is 24.3 Å². The summed E-state index contributed by atoms with van der Waals surface area (Å²) in [7, 11) is 0. The summed E-state index contributed by atoms with van der Waals surface area (Å²) in [4.78, 5) is 23.7. The van der Waals surface area contributed by atoms with E-state index in [0.717, 1.165) is 24.1 Å². The van der Waals surface area contributed by atoms with E-state index in [1.54, 1.807) is 0 Å². The fraction of sp³-hybridized carbons (Fsp3) is 0.556. The molecule has 3 rings (SSSR count). The molecule has 0 saturated heterocycles. The highest BCUT2D eigenvalue weighted by Gasteiger charge is 2.29. The first-order valence-corrected chi connectivity index (χ1v) is 8.37. The van der Waals surface area contributed by atoms with Crippen LogP contribution in [0.4, 0.5) is 5.69 Å². The van der Waals surface area contributed by atoms with Gasteiger partial charge in [0, 0.05) is 24.6 Å². The maximum absolute atomic E-state index is 12.0. The lowest BCUT2D eigenvalue weighted by Gasteiger charge is -2.11. The van der Waals surface area contributed by atoms with Crippen LogP contribution >= 0.6 is 0 Å². The Kier molecular flexibility index (Phi) is 4.76. The Labute approximate surface area is 131 Å². The van der Waals surface area contributed by atoms with Crippen molar-refractivity contribution in [3.05, 3.63) is 29.8 Å². The molecular weight excluding hydrogens is 276 g/mol. The number of rotatable bonds is 6. The first kappa shape index (κ1) is 15.1. The average molecular weight is 300 g/mol. The van der Waals surface area contributed by atoms with Crippen molar-refractivity contribution in [3.63, 3.8) is 0 Å². The molecule has 0 radical (unpaired) electrons. The van der Waals surface area contributed by atoms with Gasteiger partial charge >= 0.3 is 0 Å². The van der Waals surface area contributed by atoms with Crippen molar-refractivity contribution in [1.82, 2.24) is 5.32 Å². The zero-order chi connectivity index (χ0) is 15.4. The quantitative estimate of drug-likeness (QED) is 0.847. The summed E-state index contributed by atoms with van der Waals surface area (Å²) in [5.41, 5.74) is 1.84. The second-order valence-electron chi connectivity index (χ2n) is 6.60. The average Bonchev–Trinajstić information content (AvgIpc) is 3.25. The van der Waals surface area contributed by atoms with Crippen molar-refractivity contribution in [1.29, 1.82) is 0 Å². The number of benzene rings is 1. The molecule has 0 unspecified atom stereocenters. The zero-order valence-electron chi connectivity index (χ0n) is 12.9. The van der Waals surface area contributed by atoms with Gasteiger partial charge in [-0.1, -0.05) is 25.0 Å². The summed E-state index contributed by atoms with van der Waals surface area (Å²) in [6.45, 7) is 0.526. The van der Waals surface area contributed by atoms with Gasteiger partial charge in [0.25, 0.3) is 0 Å². The Morgan fingerprint density at radius 1 is 1.09 bits per heavy atom. The first-order chi connectivity index (χ1) is 10.7. The summed E-state index contributed by atoms with van der Waals surface area (Å²) < 4.78 is 0. The minimum Gasteiger partial charge on any atom is -0.352 e. The summed E-state index contributed by atoms with van der Waals surface area (Å²) in [6, 6.07) is 7.73. The molecule has 1 aromatic rings. The number of amides is 2. The molecule has 0 atom stereocenters. The highest BCUT2D eigenvalue weighted by molar-refractivity contribution is 5.94. The summed E-state index contributed by atoms with van der Waals surface area (Å²) in [6.07, 6.45) is 7.57. The topological polar surface area (TPSA) is 58.2 Å². The van der Waals surface area contributed by atoms with Gasteiger partial charge < -0.3 is 10.6 Å². The number of hydrogen-bond acceptors (Lipinski definition) is 2. The third-order valence-corrected chi connectivity index (χ3v) is 4.58. The van der Waals surface area contributed by atoms with Crippen molar-refractivity contribution in [2.24, 2.45) is 11.8 Å². The Bertz CT molecular complexity index is 546. The first-order valence-electron chi connectivity index (χ1n) is 8.37. The summed E-state index contributed by atoms with van der Waals surface area (Å²) in [5.74, 6) is 1.03. The van der Waals surface area contributed by atoms with Crippen LogP contribution in [0.15, 0.2) is 24.3 Å². The van der Waals surface area contributed by atoms with E-state index < -0.39 is 0 Å². The van der Waals surface area contributed by atoms with Gasteiger partial charge in [0.15, 0.2) is 0 Å². The van der Waals surface area contributed by atoms with Crippen LogP contribution in [0.2, 0.25) is 0 Å². The van der Waals surface area contributed by atoms with Crippen LogP contribution in [0, 0.1) is 11.8 Å². The molecule has 0 heterocycles. The lowest BCUT2D eigenvalue weighted by Crippen LogP contribution is -2.24. The van der Waals surface area contributed by atoms with Crippen molar-refractivity contribution in [3.8, 4) is 0 Å². The van der Waals surface area contributed by atoms with Gasteiger partial charge in [-0.25, -0.2) is 0 Å². The Morgan fingerprint density at radius 2 is 1.86 bits per heavy atom. The highest BCUT2D eigenvalue weighted by atomic mass is 16.2. The number of nitrogens with one attached hydrogen (secondary N) is 2. The van der Waals surface area contributed by atoms with E-state index in [9.17, 15) is 9.59 Å². The second kappa shape index (κ2) is 6.95. The van der Waals surface area contributed by atoms with Crippen molar-refractivity contribution in [2.75, 3.05) is 5.32 Å². The molecule has 2 N–H and O–H groups in total. The number of hydrogen-bond donors (Lipinski definition) is 2. The number of carbonyl (C=O) groups excluding carboxylic acids is 2. The molecule has 1 aromatic carbocycles. The lowest BCUT2D eigenvalue weighted by atomic mass is 10.0. The third kappa shape index (κ3) is 4.33. The summed E-state index contributed by atoms with van der Waals surface area (Å²) in [5, 5.41) is 5.93. The number of anilines is 1. The smallest absolute Gasteiger partial charge is 0.227 e. The summed E-state index contributed by atoms with van der Waals surface area (Å²) >= 11 is 0. The standard InChI is InChI=1S/C18H24N2O2/c21-17(11-13-4-1-2-5-13)19-12-14-6-3-7-16(10-14)20-18(22)15-8-9-15/h3,6-7,10,13,15H,1-2,4-5,8-9,11-12H2,(H,19,21)(H,20,22).